The molecule has 0 saturated heterocycles. The topological polar surface area (TPSA) is 59.1 Å². The van der Waals surface area contributed by atoms with Gasteiger partial charge in [-0.05, 0) is 48.5 Å². The standard InChI is InChI=1S/C19H14Cl2N2O2S/c20-15-7-9-16(10-8-15)22-13-18(14-6-11-19(21)23-12-14)26(24,25)17-4-2-1-3-5-17/h1-13,22H/b18-13-. The zero-order valence-electron chi connectivity index (χ0n) is 13.4. The van der Waals surface area contributed by atoms with Crippen LogP contribution >= 0.6 is 23.2 Å². The average molecular weight is 405 g/mol. The Morgan fingerprint density at radius 2 is 1.62 bits per heavy atom. The number of nitrogens with one attached hydrogen (secondary N) is 1. The molecule has 1 heterocycles. The molecule has 0 saturated carbocycles. The van der Waals surface area contributed by atoms with Crippen molar-refractivity contribution in [3.63, 3.8) is 0 Å². The first-order valence-electron chi connectivity index (χ1n) is 7.61. The molecule has 0 amide bonds. The number of rotatable bonds is 5. The molecule has 132 valence electrons. The highest BCUT2D eigenvalue weighted by atomic mass is 35.5. The van der Waals surface area contributed by atoms with Gasteiger partial charge in [0.25, 0.3) is 0 Å². The smallest absolute Gasteiger partial charge is 0.208 e. The van der Waals surface area contributed by atoms with E-state index >= 15 is 0 Å². The average Bonchev–Trinajstić information content (AvgIpc) is 2.65. The molecule has 0 radical (unpaired) electrons. The molecule has 0 aliphatic carbocycles. The molecule has 4 nitrogen and oxygen atoms in total. The maximum absolute atomic E-state index is 13.1. The van der Waals surface area contributed by atoms with Crippen molar-refractivity contribution in [1.82, 2.24) is 4.98 Å². The maximum atomic E-state index is 13.1. The van der Waals surface area contributed by atoms with Crippen molar-refractivity contribution in [3.8, 4) is 0 Å². The Balaban J connectivity index is 2.06. The summed E-state index contributed by atoms with van der Waals surface area (Å²) >= 11 is 11.7. The van der Waals surface area contributed by atoms with Gasteiger partial charge in [0.2, 0.25) is 9.84 Å². The van der Waals surface area contributed by atoms with E-state index in [2.05, 4.69) is 10.3 Å². The summed E-state index contributed by atoms with van der Waals surface area (Å²) in [4.78, 5) is 4.27. The van der Waals surface area contributed by atoms with Crippen LogP contribution in [0.2, 0.25) is 10.2 Å². The van der Waals surface area contributed by atoms with Gasteiger partial charge in [-0.2, -0.15) is 0 Å². The summed E-state index contributed by atoms with van der Waals surface area (Å²) < 4.78 is 26.2. The normalized spacial score (nSPS) is 12.0. The van der Waals surface area contributed by atoms with Gasteiger partial charge in [-0.15, -0.1) is 0 Å². The molecule has 7 heteroatoms. The fourth-order valence-corrected chi connectivity index (χ4v) is 3.91. The summed E-state index contributed by atoms with van der Waals surface area (Å²) in [6, 6.07) is 18.3. The number of aromatic nitrogens is 1. The van der Waals surface area contributed by atoms with Gasteiger partial charge in [-0.1, -0.05) is 41.4 Å². The molecule has 1 N–H and O–H groups in total. The lowest BCUT2D eigenvalue weighted by atomic mass is 10.2. The molecule has 1 aromatic heterocycles. The minimum atomic E-state index is -3.76. The zero-order valence-corrected chi connectivity index (χ0v) is 15.8. The maximum Gasteiger partial charge on any atom is 0.208 e. The van der Waals surface area contributed by atoms with Gasteiger partial charge in [-0.25, -0.2) is 13.4 Å². The van der Waals surface area contributed by atoms with Crippen LogP contribution in [0.25, 0.3) is 4.91 Å². The summed E-state index contributed by atoms with van der Waals surface area (Å²) in [6.07, 6.45) is 2.87. The third kappa shape index (κ3) is 4.25. The largest absolute Gasteiger partial charge is 0.360 e. The predicted molar refractivity (Wildman–Crippen MR) is 106 cm³/mol. The second kappa shape index (κ2) is 7.91. The Morgan fingerprint density at radius 1 is 0.923 bits per heavy atom. The third-order valence-corrected chi connectivity index (χ3v) is 5.87. The van der Waals surface area contributed by atoms with E-state index in [-0.39, 0.29) is 15.0 Å². The Bertz CT molecular complexity index is 1020. The van der Waals surface area contributed by atoms with E-state index in [0.717, 1.165) is 0 Å². The van der Waals surface area contributed by atoms with Crippen LogP contribution < -0.4 is 5.32 Å². The SMILES string of the molecule is O=S(=O)(/C(=C\Nc1ccc(Cl)cc1)c1ccc(Cl)nc1)c1ccccc1. The first-order chi connectivity index (χ1) is 12.5. The Morgan fingerprint density at radius 3 is 2.23 bits per heavy atom. The molecule has 0 aliphatic rings. The second-order valence-corrected chi connectivity index (χ2v) is 8.09. The molecular weight excluding hydrogens is 391 g/mol. The monoisotopic (exact) mass is 404 g/mol. The number of hydrogen-bond acceptors (Lipinski definition) is 4. The highest BCUT2D eigenvalue weighted by Crippen LogP contribution is 2.28. The third-order valence-electron chi connectivity index (χ3n) is 3.57. The molecule has 26 heavy (non-hydrogen) atoms. The first kappa shape index (κ1) is 18.5. The molecule has 2 aromatic carbocycles. The van der Waals surface area contributed by atoms with E-state index in [4.69, 9.17) is 23.2 Å². The van der Waals surface area contributed by atoms with E-state index in [1.165, 1.54) is 12.4 Å². The molecular formula is C19H14Cl2N2O2S. The Hall–Kier alpha value is -2.34. The summed E-state index contributed by atoms with van der Waals surface area (Å²) in [6.45, 7) is 0. The number of sulfone groups is 1. The number of benzene rings is 2. The minimum Gasteiger partial charge on any atom is -0.360 e. The van der Waals surface area contributed by atoms with Crippen molar-refractivity contribution in [2.75, 3.05) is 5.32 Å². The number of pyridine rings is 1. The number of hydrogen-bond donors (Lipinski definition) is 1. The number of halogens is 2. The van der Waals surface area contributed by atoms with Gasteiger partial charge in [0.1, 0.15) is 5.15 Å². The van der Waals surface area contributed by atoms with Crippen LogP contribution in [0.4, 0.5) is 5.69 Å². The number of anilines is 1. The lowest BCUT2D eigenvalue weighted by Crippen LogP contribution is -2.06. The minimum absolute atomic E-state index is 0.0859. The highest BCUT2D eigenvalue weighted by Gasteiger charge is 2.22. The highest BCUT2D eigenvalue weighted by molar-refractivity contribution is 8.00. The van der Waals surface area contributed by atoms with Crippen molar-refractivity contribution in [1.29, 1.82) is 0 Å². The van der Waals surface area contributed by atoms with E-state index in [1.807, 2.05) is 0 Å². The molecule has 0 fully saturated rings. The van der Waals surface area contributed by atoms with Crippen molar-refractivity contribution in [3.05, 3.63) is 94.9 Å². The summed E-state index contributed by atoms with van der Waals surface area (Å²) in [7, 11) is -3.76. The summed E-state index contributed by atoms with van der Waals surface area (Å²) in [5.41, 5.74) is 1.14. The van der Waals surface area contributed by atoms with Crippen LogP contribution in [-0.4, -0.2) is 13.4 Å². The van der Waals surface area contributed by atoms with E-state index in [0.29, 0.717) is 16.3 Å². The molecule has 0 atom stereocenters. The van der Waals surface area contributed by atoms with Crippen LogP contribution in [0.1, 0.15) is 5.56 Å². The molecule has 0 aliphatic heterocycles. The molecule has 0 spiro atoms. The van der Waals surface area contributed by atoms with Crippen LogP contribution in [-0.2, 0) is 9.84 Å². The Labute approximate surface area is 162 Å². The molecule has 3 rings (SSSR count). The first-order valence-corrected chi connectivity index (χ1v) is 9.85. The van der Waals surface area contributed by atoms with Gasteiger partial charge in [0.05, 0.1) is 9.80 Å². The van der Waals surface area contributed by atoms with E-state index in [9.17, 15) is 8.42 Å². The fourth-order valence-electron chi connectivity index (χ4n) is 2.26. The van der Waals surface area contributed by atoms with Crippen LogP contribution in [0.15, 0.2) is 84.0 Å². The quantitative estimate of drug-likeness (QED) is 0.588. The fraction of sp³-hybridized carbons (Fsp3) is 0. The lowest BCUT2D eigenvalue weighted by molar-refractivity contribution is 0.606. The van der Waals surface area contributed by atoms with Crippen molar-refractivity contribution in [2.24, 2.45) is 0 Å². The molecule has 0 unspecified atom stereocenters. The van der Waals surface area contributed by atoms with Crippen LogP contribution in [0.3, 0.4) is 0 Å². The van der Waals surface area contributed by atoms with E-state index in [1.54, 1.807) is 66.7 Å². The molecule has 0 bridgehead atoms. The van der Waals surface area contributed by atoms with Gasteiger partial charge >= 0.3 is 0 Å². The second-order valence-electron chi connectivity index (χ2n) is 5.35. The summed E-state index contributed by atoms with van der Waals surface area (Å²) in [5, 5.41) is 3.88. The molecule has 3 aromatic rings. The van der Waals surface area contributed by atoms with E-state index < -0.39 is 9.84 Å². The van der Waals surface area contributed by atoms with Crippen molar-refractivity contribution >= 4 is 43.6 Å². The van der Waals surface area contributed by atoms with Crippen molar-refractivity contribution < 1.29 is 8.42 Å². The van der Waals surface area contributed by atoms with Gasteiger partial charge in [0.15, 0.2) is 0 Å². The zero-order chi connectivity index (χ0) is 18.6. The van der Waals surface area contributed by atoms with Crippen molar-refractivity contribution in [2.45, 2.75) is 4.90 Å². The van der Waals surface area contributed by atoms with Gasteiger partial charge < -0.3 is 5.32 Å². The van der Waals surface area contributed by atoms with Gasteiger partial charge in [0, 0.05) is 28.7 Å². The van der Waals surface area contributed by atoms with Gasteiger partial charge in [-0.3, -0.25) is 0 Å². The number of nitrogens with zero attached hydrogens (tertiary/aromatic N) is 1. The van der Waals surface area contributed by atoms with Crippen LogP contribution in [0, 0.1) is 0 Å². The summed E-state index contributed by atoms with van der Waals surface area (Å²) in [5.74, 6) is 0. The van der Waals surface area contributed by atoms with Crippen LogP contribution in [0.5, 0.6) is 0 Å². The Kier molecular flexibility index (Phi) is 5.61. The predicted octanol–water partition coefficient (Wildman–Crippen LogP) is 5.27. The lowest BCUT2D eigenvalue weighted by Gasteiger charge is -2.11.